The van der Waals surface area contributed by atoms with Crippen LogP contribution >= 0.6 is 0 Å². The summed E-state index contributed by atoms with van der Waals surface area (Å²) >= 11 is 0. The molecule has 0 atom stereocenters. The van der Waals surface area contributed by atoms with Gasteiger partial charge in [0.1, 0.15) is 0 Å². The van der Waals surface area contributed by atoms with Gasteiger partial charge in [-0.05, 0) is 17.9 Å². The Morgan fingerprint density at radius 2 is 1.94 bits per heavy atom. The highest BCUT2D eigenvalue weighted by Crippen LogP contribution is 2.47. The van der Waals surface area contributed by atoms with Crippen LogP contribution in [0.1, 0.15) is 39.2 Å². The predicted molar refractivity (Wildman–Crippen MR) is 60.6 cm³/mol. The van der Waals surface area contributed by atoms with Crippen LogP contribution in [0.5, 0.6) is 11.5 Å². The number of hydrogen-bond donors (Lipinski definition) is 0. The van der Waals surface area contributed by atoms with Gasteiger partial charge in [0.25, 0.3) is 0 Å². The average molecular weight is 242 g/mol. The van der Waals surface area contributed by atoms with E-state index in [0.717, 1.165) is 18.4 Å². The SMILES string of the molecule is CCCC(C)(C)c1cccc2c1OC(F)(F)O2. The lowest BCUT2D eigenvalue weighted by Crippen LogP contribution is -2.26. The van der Waals surface area contributed by atoms with Gasteiger partial charge < -0.3 is 9.47 Å². The second-order valence-corrected chi connectivity index (χ2v) is 4.93. The minimum Gasteiger partial charge on any atom is -0.395 e. The lowest BCUT2D eigenvalue weighted by Gasteiger charge is -2.25. The number of fused-ring (bicyclic) bond motifs is 1. The van der Waals surface area contributed by atoms with Gasteiger partial charge in [0.2, 0.25) is 0 Å². The van der Waals surface area contributed by atoms with Crippen LogP contribution in [0.3, 0.4) is 0 Å². The van der Waals surface area contributed by atoms with E-state index < -0.39 is 6.29 Å². The van der Waals surface area contributed by atoms with Crippen molar-refractivity contribution in [1.29, 1.82) is 0 Å². The van der Waals surface area contributed by atoms with Crippen LogP contribution < -0.4 is 9.47 Å². The molecule has 17 heavy (non-hydrogen) atoms. The molecule has 0 aliphatic carbocycles. The van der Waals surface area contributed by atoms with E-state index in [0.29, 0.717) is 0 Å². The zero-order valence-electron chi connectivity index (χ0n) is 10.2. The molecule has 1 aliphatic heterocycles. The van der Waals surface area contributed by atoms with Gasteiger partial charge in [0, 0.05) is 5.56 Å². The van der Waals surface area contributed by atoms with E-state index in [2.05, 4.69) is 16.4 Å². The minimum absolute atomic E-state index is 0.122. The largest absolute Gasteiger partial charge is 0.586 e. The fourth-order valence-corrected chi connectivity index (χ4v) is 2.26. The Morgan fingerprint density at radius 1 is 1.24 bits per heavy atom. The first-order valence-electron chi connectivity index (χ1n) is 5.75. The Morgan fingerprint density at radius 3 is 2.59 bits per heavy atom. The quantitative estimate of drug-likeness (QED) is 0.794. The lowest BCUT2D eigenvalue weighted by molar-refractivity contribution is -0.287. The zero-order valence-corrected chi connectivity index (χ0v) is 10.2. The summed E-state index contributed by atoms with van der Waals surface area (Å²) in [6.07, 6.45) is -1.66. The second kappa shape index (κ2) is 3.86. The molecule has 0 amide bonds. The van der Waals surface area contributed by atoms with Crippen molar-refractivity contribution in [2.75, 3.05) is 0 Å². The van der Waals surface area contributed by atoms with Crippen LogP contribution in [0.15, 0.2) is 18.2 Å². The number of benzene rings is 1. The number of halogens is 2. The van der Waals surface area contributed by atoms with Crippen molar-refractivity contribution in [2.45, 2.75) is 45.3 Å². The molecular weight excluding hydrogens is 226 g/mol. The van der Waals surface area contributed by atoms with Crippen molar-refractivity contribution in [2.24, 2.45) is 0 Å². The molecule has 1 aromatic carbocycles. The number of ether oxygens (including phenoxy) is 2. The highest BCUT2D eigenvalue weighted by atomic mass is 19.3. The second-order valence-electron chi connectivity index (χ2n) is 4.93. The van der Waals surface area contributed by atoms with Crippen LogP contribution in [0.2, 0.25) is 0 Å². The zero-order chi connectivity index (χ0) is 12.7. The summed E-state index contributed by atoms with van der Waals surface area (Å²) in [4.78, 5) is 0. The Hall–Kier alpha value is -1.32. The number of alkyl halides is 2. The Labute approximate surface area is 99.5 Å². The number of para-hydroxylation sites is 1. The predicted octanol–water partition coefficient (Wildman–Crippen LogP) is 4.09. The number of hydrogen-bond acceptors (Lipinski definition) is 2. The first-order chi connectivity index (χ1) is 7.86. The van der Waals surface area contributed by atoms with E-state index in [9.17, 15) is 8.78 Å². The van der Waals surface area contributed by atoms with Gasteiger partial charge in [-0.2, -0.15) is 0 Å². The van der Waals surface area contributed by atoms with Gasteiger partial charge in [0.05, 0.1) is 0 Å². The van der Waals surface area contributed by atoms with Crippen molar-refractivity contribution in [1.82, 2.24) is 0 Å². The third-order valence-corrected chi connectivity index (χ3v) is 3.03. The monoisotopic (exact) mass is 242 g/mol. The summed E-state index contributed by atoms with van der Waals surface area (Å²) < 4.78 is 35.1. The molecular formula is C13H16F2O2. The molecule has 0 saturated heterocycles. The fraction of sp³-hybridized carbons (Fsp3) is 0.538. The van der Waals surface area contributed by atoms with Gasteiger partial charge in [-0.15, -0.1) is 8.78 Å². The van der Waals surface area contributed by atoms with Crippen molar-refractivity contribution in [3.05, 3.63) is 23.8 Å². The molecule has 0 radical (unpaired) electrons. The summed E-state index contributed by atoms with van der Waals surface area (Å²) in [7, 11) is 0. The maximum absolute atomic E-state index is 13.0. The number of rotatable bonds is 3. The van der Waals surface area contributed by atoms with E-state index in [-0.39, 0.29) is 16.9 Å². The first kappa shape index (κ1) is 12.1. The molecule has 0 unspecified atom stereocenters. The standard InChI is InChI=1S/C13H16F2O2/c1-4-8-12(2,3)9-6-5-7-10-11(9)17-13(14,15)16-10/h5-7H,4,8H2,1-3H3. The lowest BCUT2D eigenvalue weighted by atomic mass is 9.80. The highest BCUT2D eigenvalue weighted by Gasteiger charge is 2.45. The van der Waals surface area contributed by atoms with E-state index in [1.807, 2.05) is 19.9 Å². The molecule has 0 N–H and O–H groups in total. The van der Waals surface area contributed by atoms with Crippen LogP contribution in [0.25, 0.3) is 0 Å². The molecule has 0 saturated carbocycles. The molecule has 0 spiro atoms. The van der Waals surface area contributed by atoms with Crippen LogP contribution in [-0.4, -0.2) is 6.29 Å². The third-order valence-electron chi connectivity index (χ3n) is 3.03. The molecule has 2 nitrogen and oxygen atoms in total. The maximum atomic E-state index is 13.0. The third kappa shape index (κ3) is 2.21. The van der Waals surface area contributed by atoms with E-state index in [1.54, 1.807) is 6.07 Å². The van der Waals surface area contributed by atoms with Crippen molar-refractivity contribution in [3.63, 3.8) is 0 Å². The van der Waals surface area contributed by atoms with Gasteiger partial charge >= 0.3 is 6.29 Å². The summed E-state index contributed by atoms with van der Waals surface area (Å²) in [6.45, 7) is 6.11. The Kier molecular flexibility index (Phi) is 2.76. The van der Waals surface area contributed by atoms with E-state index >= 15 is 0 Å². The van der Waals surface area contributed by atoms with Crippen molar-refractivity contribution >= 4 is 0 Å². The summed E-state index contributed by atoms with van der Waals surface area (Å²) in [6, 6.07) is 5.04. The molecule has 2 rings (SSSR count). The van der Waals surface area contributed by atoms with Gasteiger partial charge in [0.15, 0.2) is 11.5 Å². The Bertz CT molecular complexity index is 427. The highest BCUT2D eigenvalue weighted by molar-refractivity contribution is 5.51. The van der Waals surface area contributed by atoms with Gasteiger partial charge in [-0.3, -0.25) is 0 Å². The molecule has 0 bridgehead atoms. The van der Waals surface area contributed by atoms with Crippen LogP contribution in [0.4, 0.5) is 8.78 Å². The smallest absolute Gasteiger partial charge is 0.395 e. The first-order valence-corrected chi connectivity index (χ1v) is 5.75. The van der Waals surface area contributed by atoms with Crippen molar-refractivity contribution in [3.8, 4) is 11.5 Å². The maximum Gasteiger partial charge on any atom is 0.586 e. The average Bonchev–Trinajstić information content (AvgIpc) is 2.50. The fourth-order valence-electron chi connectivity index (χ4n) is 2.26. The molecule has 4 heteroatoms. The topological polar surface area (TPSA) is 18.5 Å². The molecule has 0 fully saturated rings. The minimum atomic E-state index is -3.54. The van der Waals surface area contributed by atoms with E-state index in [4.69, 9.17) is 0 Å². The Balaban J connectivity index is 2.43. The summed E-state index contributed by atoms with van der Waals surface area (Å²) in [5, 5.41) is 0. The molecule has 1 aromatic rings. The normalized spacial score (nSPS) is 17.2. The van der Waals surface area contributed by atoms with Gasteiger partial charge in [-0.1, -0.05) is 39.3 Å². The molecule has 0 aromatic heterocycles. The van der Waals surface area contributed by atoms with Crippen molar-refractivity contribution < 1.29 is 18.3 Å². The van der Waals surface area contributed by atoms with E-state index in [1.165, 1.54) is 6.07 Å². The molecule has 1 heterocycles. The summed E-state index contributed by atoms with van der Waals surface area (Å²) in [5.74, 6) is 0.299. The van der Waals surface area contributed by atoms with Crippen LogP contribution in [0, 0.1) is 0 Å². The molecule has 1 aliphatic rings. The molecule has 94 valence electrons. The van der Waals surface area contributed by atoms with Crippen LogP contribution in [-0.2, 0) is 5.41 Å². The summed E-state index contributed by atoms with van der Waals surface area (Å²) in [5.41, 5.74) is 0.568. The van der Waals surface area contributed by atoms with Gasteiger partial charge in [-0.25, -0.2) is 0 Å².